The van der Waals surface area contributed by atoms with Crippen LogP contribution in [0.5, 0.6) is 5.75 Å². The lowest BCUT2D eigenvalue weighted by Gasteiger charge is -2.20. The normalized spacial score (nSPS) is 16.0. The molecule has 1 N–H and O–H groups in total. The van der Waals surface area contributed by atoms with Crippen molar-refractivity contribution in [3.63, 3.8) is 0 Å². The molecule has 1 atom stereocenters. The first-order valence-electron chi connectivity index (χ1n) is 9.63. The highest BCUT2D eigenvalue weighted by molar-refractivity contribution is 6.01. The highest BCUT2D eigenvalue weighted by atomic mass is 16.5. The number of anilines is 2. The summed E-state index contributed by atoms with van der Waals surface area (Å²) in [5.41, 5.74) is 3.68. The van der Waals surface area contributed by atoms with Crippen molar-refractivity contribution in [2.45, 2.75) is 27.2 Å². The van der Waals surface area contributed by atoms with Crippen molar-refractivity contribution in [2.75, 3.05) is 30.5 Å². The third kappa shape index (κ3) is 4.29. The fraction of sp³-hybridized carbons (Fsp3) is 0.429. The first-order chi connectivity index (χ1) is 14.2. The lowest BCUT2D eigenvalue weighted by molar-refractivity contribution is -0.151. The average molecular weight is 414 g/mol. The summed E-state index contributed by atoms with van der Waals surface area (Å²) in [7, 11) is 3.31. The van der Waals surface area contributed by atoms with Gasteiger partial charge in [-0.3, -0.25) is 19.1 Å². The smallest absolute Gasteiger partial charge is 0.311 e. The van der Waals surface area contributed by atoms with Gasteiger partial charge in [-0.1, -0.05) is 6.07 Å². The Hall–Kier alpha value is -3.36. The van der Waals surface area contributed by atoms with E-state index < -0.39 is 24.4 Å². The summed E-state index contributed by atoms with van der Waals surface area (Å²) in [6.45, 7) is 5.29. The molecule has 3 rings (SSSR count). The minimum absolute atomic E-state index is 0.0262. The third-order valence-corrected chi connectivity index (χ3v) is 5.20. The molecule has 1 aromatic carbocycles. The molecule has 9 heteroatoms. The van der Waals surface area contributed by atoms with Gasteiger partial charge in [0, 0.05) is 20.0 Å². The average Bonchev–Trinajstić information content (AvgIpc) is 3.20. The molecular formula is C21H26N4O5. The number of methoxy groups -OCH3 is 1. The predicted molar refractivity (Wildman–Crippen MR) is 110 cm³/mol. The van der Waals surface area contributed by atoms with E-state index in [1.54, 1.807) is 24.7 Å². The Bertz CT molecular complexity index is 998. The second kappa shape index (κ2) is 8.56. The summed E-state index contributed by atoms with van der Waals surface area (Å²) < 4.78 is 12.2. The first kappa shape index (κ1) is 21.4. The fourth-order valence-electron chi connectivity index (χ4n) is 3.49. The topological polar surface area (TPSA) is 103 Å². The van der Waals surface area contributed by atoms with Gasteiger partial charge >= 0.3 is 5.97 Å². The summed E-state index contributed by atoms with van der Waals surface area (Å²) in [5.74, 6) is -1.30. The Kier molecular flexibility index (Phi) is 6.09. The van der Waals surface area contributed by atoms with Crippen molar-refractivity contribution < 1.29 is 23.9 Å². The molecule has 2 aromatic rings. The monoisotopic (exact) mass is 414 g/mol. The van der Waals surface area contributed by atoms with E-state index in [1.165, 1.54) is 12.0 Å². The Morgan fingerprint density at radius 2 is 2.00 bits per heavy atom. The van der Waals surface area contributed by atoms with Crippen LogP contribution in [-0.2, 0) is 26.2 Å². The van der Waals surface area contributed by atoms with Crippen molar-refractivity contribution in [1.82, 2.24) is 9.78 Å². The van der Waals surface area contributed by atoms with E-state index >= 15 is 0 Å². The zero-order valence-electron chi connectivity index (χ0n) is 17.8. The number of carbonyl (C=O) groups is 3. The molecule has 9 nitrogen and oxygen atoms in total. The van der Waals surface area contributed by atoms with E-state index in [1.807, 2.05) is 26.0 Å². The van der Waals surface area contributed by atoms with E-state index in [-0.39, 0.29) is 18.9 Å². The number of ether oxygens (including phenoxy) is 2. The van der Waals surface area contributed by atoms with Crippen LogP contribution in [0.25, 0.3) is 0 Å². The molecule has 1 aromatic heterocycles. The summed E-state index contributed by atoms with van der Waals surface area (Å²) in [4.78, 5) is 38.7. The second-order valence-corrected chi connectivity index (χ2v) is 7.41. The quantitative estimate of drug-likeness (QED) is 0.724. The Morgan fingerprint density at radius 3 is 2.63 bits per heavy atom. The number of carbonyl (C=O) groups excluding carboxylic acids is 3. The molecule has 0 radical (unpaired) electrons. The Morgan fingerprint density at radius 1 is 1.27 bits per heavy atom. The second-order valence-electron chi connectivity index (χ2n) is 7.41. The van der Waals surface area contributed by atoms with Crippen LogP contribution in [0.2, 0.25) is 0 Å². The summed E-state index contributed by atoms with van der Waals surface area (Å²) >= 11 is 0. The number of nitrogens with zero attached hydrogens (tertiary/aromatic N) is 3. The van der Waals surface area contributed by atoms with Gasteiger partial charge in [-0.25, -0.2) is 0 Å². The van der Waals surface area contributed by atoms with Gasteiger partial charge in [0.25, 0.3) is 5.91 Å². The molecule has 1 aliphatic rings. The predicted octanol–water partition coefficient (Wildman–Crippen LogP) is 1.89. The largest absolute Gasteiger partial charge is 0.495 e. The molecule has 0 saturated carbocycles. The summed E-state index contributed by atoms with van der Waals surface area (Å²) in [6, 6.07) is 5.52. The zero-order valence-corrected chi connectivity index (χ0v) is 17.8. The highest BCUT2D eigenvalue weighted by Crippen LogP contribution is 2.34. The molecule has 0 spiro atoms. The number of nitrogens with one attached hydrogen (secondary N) is 1. The lowest BCUT2D eigenvalue weighted by atomic mass is 10.1. The van der Waals surface area contributed by atoms with Gasteiger partial charge in [-0.2, -0.15) is 5.10 Å². The van der Waals surface area contributed by atoms with Gasteiger partial charge < -0.3 is 19.7 Å². The Labute approximate surface area is 174 Å². The Balaban J connectivity index is 1.60. The maximum Gasteiger partial charge on any atom is 0.311 e. The van der Waals surface area contributed by atoms with Crippen LogP contribution in [0.1, 0.15) is 23.4 Å². The fourth-order valence-corrected chi connectivity index (χ4v) is 3.49. The van der Waals surface area contributed by atoms with Crippen LogP contribution < -0.4 is 15.0 Å². The van der Waals surface area contributed by atoms with Crippen LogP contribution in [0.3, 0.4) is 0 Å². The summed E-state index contributed by atoms with van der Waals surface area (Å²) in [6.07, 6.45) is 0.0262. The number of aromatic nitrogens is 2. The standard InChI is InChI=1S/C21H26N4O5/c1-12-6-7-17(29-5)16(8-12)25-10-15(9-19(25)27)21(28)30-11-18(26)22-20-13(2)23-24(4)14(20)3/h6-8,15H,9-11H2,1-5H3,(H,22,26)/t15-/m0/s1. The molecular weight excluding hydrogens is 388 g/mol. The molecule has 0 unspecified atom stereocenters. The number of benzene rings is 1. The zero-order chi connectivity index (χ0) is 22.0. The van der Waals surface area contributed by atoms with Gasteiger partial charge in [-0.15, -0.1) is 0 Å². The molecule has 0 bridgehead atoms. The van der Waals surface area contributed by atoms with E-state index in [9.17, 15) is 14.4 Å². The SMILES string of the molecule is COc1ccc(C)cc1N1C[C@@H](C(=O)OCC(=O)Nc2c(C)nn(C)c2C)CC1=O. The molecule has 30 heavy (non-hydrogen) atoms. The number of aryl methyl sites for hydroxylation is 3. The number of hydrogen-bond acceptors (Lipinski definition) is 6. The molecule has 1 saturated heterocycles. The molecule has 0 aliphatic carbocycles. The lowest BCUT2D eigenvalue weighted by Crippen LogP contribution is -2.28. The van der Waals surface area contributed by atoms with Crippen molar-refractivity contribution in [3.05, 3.63) is 35.2 Å². The molecule has 1 aliphatic heterocycles. The van der Waals surface area contributed by atoms with Gasteiger partial charge in [0.15, 0.2) is 6.61 Å². The maximum atomic E-state index is 12.5. The highest BCUT2D eigenvalue weighted by Gasteiger charge is 2.37. The maximum absolute atomic E-state index is 12.5. The van der Waals surface area contributed by atoms with Crippen molar-refractivity contribution >= 4 is 29.2 Å². The van der Waals surface area contributed by atoms with Gasteiger partial charge in [0.05, 0.1) is 35.8 Å². The molecule has 2 heterocycles. The van der Waals surface area contributed by atoms with E-state index in [2.05, 4.69) is 10.4 Å². The van der Waals surface area contributed by atoms with Gasteiger partial charge in [-0.05, 0) is 38.5 Å². The van der Waals surface area contributed by atoms with Crippen LogP contribution in [0.4, 0.5) is 11.4 Å². The number of esters is 1. The van der Waals surface area contributed by atoms with Crippen LogP contribution in [0, 0.1) is 26.7 Å². The van der Waals surface area contributed by atoms with Crippen LogP contribution in [-0.4, -0.2) is 47.8 Å². The number of amides is 2. The minimum Gasteiger partial charge on any atom is -0.495 e. The van der Waals surface area contributed by atoms with Gasteiger partial charge in [0.1, 0.15) is 5.75 Å². The minimum atomic E-state index is -0.641. The van der Waals surface area contributed by atoms with Crippen LogP contribution >= 0.6 is 0 Å². The number of rotatable bonds is 6. The van der Waals surface area contributed by atoms with Crippen molar-refractivity contribution in [1.29, 1.82) is 0 Å². The first-order valence-corrected chi connectivity index (χ1v) is 9.63. The van der Waals surface area contributed by atoms with Crippen molar-refractivity contribution in [3.8, 4) is 5.75 Å². The van der Waals surface area contributed by atoms with E-state index in [0.717, 1.165) is 11.3 Å². The van der Waals surface area contributed by atoms with E-state index in [4.69, 9.17) is 9.47 Å². The third-order valence-electron chi connectivity index (χ3n) is 5.20. The number of hydrogen-bond donors (Lipinski definition) is 1. The van der Waals surface area contributed by atoms with E-state index in [0.29, 0.717) is 22.8 Å². The van der Waals surface area contributed by atoms with Crippen LogP contribution in [0.15, 0.2) is 18.2 Å². The molecule has 2 amide bonds. The summed E-state index contributed by atoms with van der Waals surface area (Å²) in [5, 5.41) is 6.95. The van der Waals surface area contributed by atoms with Crippen molar-refractivity contribution in [2.24, 2.45) is 13.0 Å². The molecule has 1 fully saturated rings. The van der Waals surface area contributed by atoms with Gasteiger partial charge in [0.2, 0.25) is 5.91 Å². The molecule has 160 valence electrons.